The molecule has 0 aliphatic heterocycles. The molecule has 0 radical (unpaired) electrons. The molecule has 0 aromatic heterocycles. The molecule has 0 aliphatic carbocycles. The van der Waals surface area contributed by atoms with Crippen molar-refractivity contribution in [3.63, 3.8) is 0 Å². The van der Waals surface area contributed by atoms with Gasteiger partial charge in [0.25, 0.3) is 0 Å². The van der Waals surface area contributed by atoms with Gasteiger partial charge in [-0.2, -0.15) is 16.8 Å². The van der Waals surface area contributed by atoms with Crippen LogP contribution in [0.1, 0.15) is 1.43 Å². The fourth-order valence-corrected chi connectivity index (χ4v) is 0.891. The average molecular weight is 300 g/mol. The summed E-state index contributed by atoms with van der Waals surface area (Å²) in [6.07, 6.45) is 2.63. The maximum Gasteiger partial charge on any atom is 1.00 e. The molecule has 0 aliphatic rings. The summed E-state index contributed by atoms with van der Waals surface area (Å²) in [5, 5.41) is 0. The molecule has 8 nitrogen and oxygen atoms in total. The molecule has 0 heterocycles. The van der Waals surface area contributed by atoms with E-state index >= 15 is 0 Å². The van der Waals surface area contributed by atoms with Crippen molar-refractivity contribution < 1.29 is 65.3 Å². The predicted octanol–water partition coefficient (Wildman–Crippen LogP) is -2.90. The van der Waals surface area contributed by atoms with Gasteiger partial charge in [0.05, 0.1) is 13.2 Å². The summed E-state index contributed by atoms with van der Waals surface area (Å²) in [5.41, 5.74) is 0. The Kier molecular flexibility index (Phi) is 14.9. The number of hydrogen-bond acceptors (Lipinski definition) is 6. The zero-order valence-corrected chi connectivity index (χ0v) is 12.8. The van der Waals surface area contributed by atoms with Crippen molar-refractivity contribution in [2.75, 3.05) is 13.2 Å². The summed E-state index contributed by atoms with van der Waals surface area (Å²) in [7, 11) is -8.52. The van der Waals surface area contributed by atoms with Gasteiger partial charge in [0.2, 0.25) is 0 Å². The molecule has 0 aromatic carbocycles. The van der Waals surface area contributed by atoms with E-state index < -0.39 is 20.8 Å². The van der Waals surface area contributed by atoms with Crippen LogP contribution in [-0.4, -0.2) is 39.2 Å². The Morgan fingerprint density at radius 2 is 1.24 bits per heavy atom. The van der Waals surface area contributed by atoms with E-state index in [2.05, 4.69) is 21.5 Å². The van der Waals surface area contributed by atoms with Crippen LogP contribution >= 0.6 is 0 Å². The molecule has 0 saturated heterocycles. The predicted molar refractivity (Wildman–Crippen MR) is 56.5 cm³/mol. The van der Waals surface area contributed by atoms with E-state index in [1.54, 1.807) is 0 Å². The second-order valence-corrected chi connectivity index (χ2v) is 4.19. The summed E-state index contributed by atoms with van der Waals surface area (Å²) in [4.78, 5) is 0. The summed E-state index contributed by atoms with van der Waals surface area (Å²) >= 11 is 0. The van der Waals surface area contributed by atoms with Crippen molar-refractivity contribution in [2.24, 2.45) is 0 Å². The smallest absolute Gasteiger partial charge is 1.00 e. The molecule has 0 rings (SSSR count). The van der Waals surface area contributed by atoms with Crippen LogP contribution in [0, 0.1) is 0 Å². The molecule has 2 N–H and O–H groups in total. The molecule has 0 saturated carbocycles. The first kappa shape index (κ1) is 22.4. The van der Waals surface area contributed by atoms with E-state index in [1.165, 1.54) is 12.2 Å². The molecule has 0 atom stereocenters. The van der Waals surface area contributed by atoms with Gasteiger partial charge in [0, 0.05) is 0 Å². The average Bonchev–Trinajstić information content (AvgIpc) is 2.09. The normalized spacial score (nSPS) is 10.5. The van der Waals surface area contributed by atoms with E-state index in [9.17, 15) is 8.42 Å². The Hall–Kier alpha value is 0.220. The van der Waals surface area contributed by atoms with E-state index in [-0.39, 0.29) is 44.2 Å². The molecular weight excluding hydrogens is 287 g/mol. The van der Waals surface area contributed by atoms with Crippen molar-refractivity contribution in [2.45, 2.75) is 0 Å². The number of hydrogen-bond donors (Lipinski definition) is 2. The summed E-state index contributed by atoms with van der Waals surface area (Å²) in [6, 6.07) is 0. The van der Waals surface area contributed by atoms with E-state index in [0.29, 0.717) is 0 Å². The molecule has 0 unspecified atom stereocenters. The minimum atomic E-state index is -4.67. The summed E-state index contributed by atoms with van der Waals surface area (Å²) in [6.45, 7) is 6.39. The van der Waals surface area contributed by atoms with Gasteiger partial charge in [-0.25, -0.2) is 8.37 Å². The molecule has 0 bridgehead atoms. The maximum atomic E-state index is 10.6. The first-order valence-electron chi connectivity index (χ1n) is 3.58. The van der Waals surface area contributed by atoms with Gasteiger partial charge in [-0.15, -0.1) is 13.2 Å². The monoisotopic (exact) mass is 300 g/mol. The molecule has 0 fully saturated rings. The van der Waals surface area contributed by atoms with Crippen molar-refractivity contribution in [1.29, 1.82) is 0 Å². The Morgan fingerprint density at radius 1 is 1.00 bits per heavy atom. The minimum Gasteiger partial charge on any atom is -1.00 e. The van der Waals surface area contributed by atoms with Crippen molar-refractivity contribution in [3.05, 3.63) is 25.3 Å². The van der Waals surface area contributed by atoms with Gasteiger partial charge in [0.1, 0.15) is 0 Å². The van der Waals surface area contributed by atoms with E-state index in [1.807, 2.05) is 0 Å². The van der Waals surface area contributed by atoms with Crippen LogP contribution in [0.4, 0.5) is 0 Å². The van der Waals surface area contributed by atoms with Crippen LogP contribution in [0.25, 0.3) is 0 Å². The largest absolute Gasteiger partial charge is 1.00 e. The number of rotatable bonds is 6. The van der Waals surface area contributed by atoms with E-state index in [0.717, 1.165) is 0 Å². The third-order valence-electron chi connectivity index (χ3n) is 0.660. The zero-order chi connectivity index (χ0) is 13.2. The van der Waals surface area contributed by atoms with Crippen LogP contribution in [0.2, 0.25) is 0 Å². The molecule has 0 aromatic rings. The Bertz CT molecular complexity index is 377. The quantitative estimate of drug-likeness (QED) is 0.304. The fourth-order valence-electron chi connectivity index (χ4n) is 0.297. The van der Waals surface area contributed by atoms with Gasteiger partial charge in [-0.05, 0) is 0 Å². The first-order chi connectivity index (χ1) is 7.12. The van der Waals surface area contributed by atoms with Crippen LogP contribution in [-0.2, 0) is 29.2 Å². The van der Waals surface area contributed by atoms with Crippen LogP contribution in [0.15, 0.2) is 25.3 Å². The standard InChI is InChI=1S/C6H10O4S.Na.H2O4S.H/c1-3-5-9-11(7,8)10-6-4-2;;1-5(2,3)4;/h3-4H,1-2,5-6H2;;(H2,1,2,3,4);/q;+1;;-1. The van der Waals surface area contributed by atoms with Crippen molar-refractivity contribution >= 4 is 20.8 Å². The van der Waals surface area contributed by atoms with Crippen LogP contribution in [0.3, 0.4) is 0 Å². The zero-order valence-electron chi connectivity index (χ0n) is 10.1. The molecule has 17 heavy (non-hydrogen) atoms. The van der Waals surface area contributed by atoms with Gasteiger partial charge in [-0.3, -0.25) is 9.11 Å². The Morgan fingerprint density at radius 3 is 1.41 bits per heavy atom. The maximum absolute atomic E-state index is 10.6. The molecule has 0 spiro atoms. The van der Waals surface area contributed by atoms with Crippen molar-refractivity contribution in [3.8, 4) is 0 Å². The molecule has 11 heteroatoms. The van der Waals surface area contributed by atoms with Gasteiger partial charge < -0.3 is 1.43 Å². The van der Waals surface area contributed by atoms with Crippen LogP contribution in [0.5, 0.6) is 0 Å². The second kappa shape index (κ2) is 11.3. The van der Waals surface area contributed by atoms with Gasteiger partial charge >= 0.3 is 50.4 Å². The van der Waals surface area contributed by atoms with Gasteiger partial charge in [0.15, 0.2) is 0 Å². The molecule has 0 amide bonds. The first-order valence-corrected chi connectivity index (χ1v) is 6.31. The second-order valence-electron chi connectivity index (χ2n) is 2.00. The summed E-state index contributed by atoms with van der Waals surface area (Å²) in [5.74, 6) is 0. The topological polar surface area (TPSA) is 127 Å². The molecular formula is C6H13NaO8S2. The minimum absolute atomic E-state index is 0. The van der Waals surface area contributed by atoms with Crippen molar-refractivity contribution in [1.82, 2.24) is 0 Å². The van der Waals surface area contributed by atoms with E-state index in [4.69, 9.17) is 17.5 Å². The Balaban J connectivity index is -0.000000122. The fraction of sp³-hybridized carbons (Fsp3) is 0.333. The third-order valence-corrected chi connectivity index (χ3v) is 1.51. The summed E-state index contributed by atoms with van der Waals surface area (Å²) < 4.78 is 61.3. The van der Waals surface area contributed by atoms with Gasteiger partial charge in [-0.1, -0.05) is 12.2 Å². The SMILES string of the molecule is C=CCOS(=O)(=O)OCC=C.O=S(=O)(O)O.[H-].[Na+]. The third kappa shape index (κ3) is 31.4. The molecule has 98 valence electrons. The Labute approximate surface area is 124 Å². The van der Waals surface area contributed by atoms with Crippen LogP contribution < -0.4 is 29.6 Å².